The van der Waals surface area contributed by atoms with Crippen molar-refractivity contribution in [3.63, 3.8) is 0 Å². The third kappa shape index (κ3) is 2.85. The first-order chi connectivity index (χ1) is 7.22. The Labute approximate surface area is 92.8 Å². The predicted molar refractivity (Wildman–Crippen MR) is 48.1 cm³/mol. The molecule has 0 aliphatic rings. The van der Waals surface area contributed by atoms with Gasteiger partial charge in [0.15, 0.2) is 17.3 Å². The van der Waals surface area contributed by atoms with Crippen molar-refractivity contribution in [2.45, 2.75) is 13.3 Å². The molecule has 88 valence electrons. The van der Waals surface area contributed by atoms with Crippen LogP contribution in [0.3, 0.4) is 0 Å². The van der Waals surface area contributed by atoms with Gasteiger partial charge in [0.25, 0.3) is 0 Å². The Kier molecular flexibility index (Phi) is 3.42. The Hall–Kier alpha value is -1.30. The van der Waals surface area contributed by atoms with Crippen LogP contribution in [0.4, 0.5) is 17.6 Å². The van der Waals surface area contributed by atoms with E-state index in [0.29, 0.717) is 6.07 Å². The molecule has 0 atom stereocenters. The lowest BCUT2D eigenvalue weighted by Gasteiger charge is -2.12. The summed E-state index contributed by atoms with van der Waals surface area (Å²) in [7, 11) is 0. The van der Waals surface area contributed by atoms with Gasteiger partial charge in [-0.2, -0.15) is 0 Å². The van der Waals surface area contributed by atoms with E-state index >= 15 is 0 Å². The van der Waals surface area contributed by atoms with Gasteiger partial charge in [-0.05, 0) is 19.1 Å². The van der Waals surface area contributed by atoms with Crippen LogP contribution in [0.5, 0.6) is 5.75 Å². The highest BCUT2D eigenvalue weighted by molar-refractivity contribution is 6.35. The first-order valence-electron chi connectivity index (χ1n) is 3.97. The smallest absolute Gasteiger partial charge is 0.401 e. The molecular weight excluding hydrogens is 252 g/mol. The van der Waals surface area contributed by atoms with Crippen LogP contribution >= 0.6 is 11.6 Å². The number of carbonyl (C=O) groups is 1. The zero-order chi connectivity index (χ0) is 12.5. The number of hydrogen-bond donors (Lipinski definition) is 0. The number of Topliss-reactive ketones (excluding diaryl/α,β-unsaturated/α-hetero) is 1. The van der Waals surface area contributed by atoms with Crippen LogP contribution in [0.1, 0.15) is 17.3 Å². The maximum Gasteiger partial charge on any atom is 0.573 e. The summed E-state index contributed by atoms with van der Waals surface area (Å²) < 4.78 is 52.1. The summed E-state index contributed by atoms with van der Waals surface area (Å²) in [6.07, 6.45) is -5.07. The third-order valence-corrected chi connectivity index (χ3v) is 2.02. The number of ether oxygens (including phenoxy) is 1. The number of alkyl halides is 3. The summed E-state index contributed by atoms with van der Waals surface area (Å²) in [5, 5.41) is -0.690. The molecule has 0 unspecified atom stereocenters. The molecule has 0 saturated carbocycles. The summed E-state index contributed by atoms with van der Waals surface area (Å²) in [5.41, 5.74) is -0.234. The Morgan fingerprint density at radius 1 is 1.38 bits per heavy atom. The topological polar surface area (TPSA) is 26.3 Å². The number of benzene rings is 1. The van der Waals surface area contributed by atoms with Crippen molar-refractivity contribution in [1.29, 1.82) is 0 Å². The van der Waals surface area contributed by atoms with Crippen LogP contribution in [-0.2, 0) is 0 Å². The number of hydrogen-bond acceptors (Lipinski definition) is 2. The van der Waals surface area contributed by atoms with Crippen LogP contribution in [0.25, 0.3) is 0 Å². The number of rotatable bonds is 2. The van der Waals surface area contributed by atoms with Gasteiger partial charge in [-0.25, -0.2) is 4.39 Å². The predicted octanol–water partition coefficient (Wildman–Crippen LogP) is 3.58. The molecule has 16 heavy (non-hydrogen) atoms. The largest absolute Gasteiger partial charge is 0.573 e. The van der Waals surface area contributed by atoms with E-state index in [9.17, 15) is 22.4 Å². The monoisotopic (exact) mass is 256 g/mol. The molecule has 0 spiro atoms. The highest BCUT2D eigenvalue weighted by Gasteiger charge is 2.34. The van der Waals surface area contributed by atoms with E-state index in [-0.39, 0.29) is 5.56 Å². The van der Waals surface area contributed by atoms with E-state index < -0.39 is 28.7 Å². The summed E-state index contributed by atoms with van der Waals surface area (Å²) >= 11 is 5.43. The minimum Gasteiger partial charge on any atom is -0.401 e. The molecular formula is C9H5ClF4O2. The van der Waals surface area contributed by atoms with Gasteiger partial charge in [0.2, 0.25) is 0 Å². The second-order valence-electron chi connectivity index (χ2n) is 2.84. The fourth-order valence-electron chi connectivity index (χ4n) is 1.01. The van der Waals surface area contributed by atoms with Crippen LogP contribution in [0.15, 0.2) is 12.1 Å². The molecule has 1 rings (SSSR count). The highest BCUT2D eigenvalue weighted by Crippen LogP contribution is 2.35. The van der Waals surface area contributed by atoms with Gasteiger partial charge in [-0.15, -0.1) is 13.2 Å². The Morgan fingerprint density at radius 3 is 2.38 bits per heavy atom. The van der Waals surface area contributed by atoms with E-state index in [2.05, 4.69) is 4.74 Å². The molecule has 1 aromatic carbocycles. The van der Waals surface area contributed by atoms with Crippen molar-refractivity contribution in [2.75, 3.05) is 0 Å². The standard InChI is InChI=1S/C9H5ClF4O2/c1-4(15)5-2-3-6(11)8(7(5)10)16-9(12,13)14/h2-3H,1H3. The van der Waals surface area contributed by atoms with Crippen LogP contribution in [0, 0.1) is 5.82 Å². The Morgan fingerprint density at radius 2 is 1.94 bits per heavy atom. The van der Waals surface area contributed by atoms with E-state index in [1.165, 1.54) is 0 Å². The number of carbonyl (C=O) groups excluding carboxylic acids is 1. The van der Waals surface area contributed by atoms with Crippen LogP contribution in [0.2, 0.25) is 5.02 Å². The molecule has 0 heterocycles. The Bertz CT molecular complexity index is 428. The second-order valence-corrected chi connectivity index (χ2v) is 3.22. The lowest BCUT2D eigenvalue weighted by atomic mass is 10.1. The van der Waals surface area contributed by atoms with Gasteiger partial charge in [-0.3, -0.25) is 4.79 Å². The quantitative estimate of drug-likeness (QED) is 0.597. The molecule has 0 aromatic heterocycles. The number of ketones is 1. The minimum absolute atomic E-state index is 0.234. The summed E-state index contributed by atoms with van der Waals surface area (Å²) in [6.45, 7) is 1.09. The third-order valence-electron chi connectivity index (χ3n) is 1.65. The molecule has 0 amide bonds. The van der Waals surface area contributed by atoms with Crippen molar-refractivity contribution in [1.82, 2.24) is 0 Å². The molecule has 1 aromatic rings. The van der Waals surface area contributed by atoms with E-state index in [1.54, 1.807) is 0 Å². The molecule has 0 radical (unpaired) electrons. The first kappa shape index (κ1) is 12.8. The zero-order valence-corrected chi connectivity index (χ0v) is 8.62. The van der Waals surface area contributed by atoms with Crippen molar-refractivity contribution < 1.29 is 27.1 Å². The summed E-state index contributed by atoms with van der Waals surface area (Å²) in [5.74, 6) is -3.06. The van der Waals surface area contributed by atoms with Crippen molar-refractivity contribution in [3.05, 3.63) is 28.5 Å². The van der Waals surface area contributed by atoms with Gasteiger partial charge in [0.05, 0.1) is 5.02 Å². The van der Waals surface area contributed by atoms with Gasteiger partial charge >= 0.3 is 6.36 Å². The van der Waals surface area contributed by atoms with E-state index in [0.717, 1.165) is 13.0 Å². The van der Waals surface area contributed by atoms with Gasteiger partial charge in [-0.1, -0.05) is 11.6 Å². The molecule has 0 aliphatic carbocycles. The van der Waals surface area contributed by atoms with E-state index in [1.807, 2.05) is 0 Å². The summed E-state index contributed by atoms with van der Waals surface area (Å²) in [6, 6.07) is 1.67. The van der Waals surface area contributed by atoms with Gasteiger partial charge < -0.3 is 4.74 Å². The molecule has 2 nitrogen and oxygen atoms in total. The Balaban J connectivity index is 3.27. The second kappa shape index (κ2) is 4.29. The van der Waals surface area contributed by atoms with Crippen LogP contribution in [-0.4, -0.2) is 12.1 Å². The number of halogens is 5. The SMILES string of the molecule is CC(=O)c1ccc(F)c(OC(F)(F)F)c1Cl. The highest BCUT2D eigenvalue weighted by atomic mass is 35.5. The normalized spacial score (nSPS) is 11.4. The maximum absolute atomic E-state index is 13.0. The molecule has 0 N–H and O–H groups in total. The molecule has 0 saturated heterocycles. The first-order valence-corrected chi connectivity index (χ1v) is 4.35. The maximum atomic E-state index is 13.0. The fraction of sp³-hybridized carbons (Fsp3) is 0.222. The van der Waals surface area contributed by atoms with Crippen molar-refractivity contribution >= 4 is 17.4 Å². The molecule has 0 bridgehead atoms. The molecule has 7 heteroatoms. The fourth-order valence-corrected chi connectivity index (χ4v) is 1.34. The minimum atomic E-state index is -5.07. The van der Waals surface area contributed by atoms with Gasteiger partial charge in [0.1, 0.15) is 0 Å². The van der Waals surface area contributed by atoms with Gasteiger partial charge in [0, 0.05) is 5.56 Å². The van der Waals surface area contributed by atoms with E-state index in [4.69, 9.17) is 11.6 Å². The lowest BCUT2D eigenvalue weighted by molar-refractivity contribution is -0.275. The van der Waals surface area contributed by atoms with Crippen molar-refractivity contribution in [2.24, 2.45) is 0 Å². The molecule has 0 fully saturated rings. The average molecular weight is 257 g/mol. The molecule has 0 aliphatic heterocycles. The zero-order valence-electron chi connectivity index (χ0n) is 7.86. The summed E-state index contributed by atoms with van der Waals surface area (Å²) in [4.78, 5) is 11.0. The lowest BCUT2D eigenvalue weighted by Crippen LogP contribution is -2.18. The van der Waals surface area contributed by atoms with Crippen LogP contribution < -0.4 is 4.74 Å². The van der Waals surface area contributed by atoms with Crippen molar-refractivity contribution in [3.8, 4) is 5.75 Å². The average Bonchev–Trinajstić information content (AvgIpc) is 2.10.